The summed E-state index contributed by atoms with van der Waals surface area (Å²) in [5.74, 6) is -1.31. The molecular formula is C19H18F2N8O. The van der Waals surface area contributed by atoms with E-state index in [0.717, 1.165) is 21.5 Å². The van der Waals surface area contributed by atoms with Gasteiger partial charge < -0.3 is 9.88 Å². The van der Waals surface area contributed by atoms with Gasteiger partial charge in [-0.2, -0.15) is 5.10 Å². The highest BCUT2D eigenvalue weighted by Gasteiger charge is 2.38. The van der Waals surface area contributed by atoms with Crippen molar-refractivity contribution in [3.63, 3.8) is 0 Å². The van der Waals surface area contributed by atoms with Gasteiger partial charge in [0.2, 0.25) is 11.6 Å². The van der Waals surface area contributed by atoms with E-state index in [0.29, 0.717) is 24.4 Å². The summed E-state index contributed by atoms with van der Waals surface area (Å²) in [5.41, 5.74) is 4.22. The lowest BCUT2D eigenvalue weighted by atomic mass is 9.99. The minimum atomic E-state index is -2.85. The molecule has 1 aliphatic rings. The first-order chi connectivity index (χ1) is 14.4. The molecular weight excluding hydrogens is 394 g/mol. The first-order valence-electron chi connectivity index (χ1n) is 9.40. The summed E-state index contributed by atoms with van der Waals surface area (Å²) in [6, 6.07) is 5.27. The predicted octanol–water partition coefficient (Wildman–Crippen LogP) is 2.22. The number of aromatic nitrogens is 7. The van der Waals surface area contributed by atoms with Crippen molar-refractivity contribution in [2.75, 3.05) is 6.54 Å². The number of fused-ring (bicyclic) bond motifs is 2. The molecule has 0 saturated heterocycles. The summed E-state index contributed by atoms with van der Waals surface area (Å²) >= 11 is 0. The number of rotatable bonds is 3. The molecule has 9 nitrogen and oxygen atoms in total. The average Bonchev–Trinajstić information content (AvgIpc) is 3.43. The van der Waals surface area contributed by atoms with Crippen LogP contribution >= 0.6 is 0 Å². The largest absolute Gasteiger partial charge is 0.348 e. The number of nitrogens with zero attached hydrogens (tertiary/aromatic N) is 7. The van der Waals surface area contributed by atoms with Gasteiger partial charge in [0, 0.05) is 31.9 Å². The number of hydrogen-bond acceptors (Lipinski definition) is 5. The van der Waals surface area contributed by atoms with Crippen molar-refractivity contribution in [2.24, 2.45) is 7.05 Å². The number of nitrogens with one attached hydrogen (secondary N) is 1. The smallest absolute Gasteiger partial charge is 0.299 e. The van der Waals surface area contributed by atoms with E-state index in [4.69, 9.17) is 0 Å². The Morgan fingerprint density at radius 2 is 2.13 bits per heavy atom. The van der Waals surface area contributed by atoms with Gasteiger partial charge in [-0.05, 0) is 30.7 Å². The molecule has 1 N–H and O–H groups in total. The second-order valence-corrected chi connectivity index (χ2v) is 7.28. The van der Waals surface area contributed by atoms with Gasteiger partial charge in [0.1, 0.15) is 6.04 Å². The number of imidazole rings is 1. The molecule has 1 amide bonds. The van der Waals surface area contributed by atoms with E-state index >= 15 is 0 Å². The van der Waals surface area contributed by atoms with Crippen LogP contribution in [0.2, 0.25) is 0 Å². The second kappa shape index (κ2) is 6.71. The van der Waals surface area contributed by atoms with Crippen molar-refractivity contribution >= 4 is 11.4 Å². The van der Waals surface area contributed by atoms with Crippen molar-refractivity contribution < 1.29 is 13.6 Å². The van der Waals surface area contributed by atoms with E-state index in [9.17, 15) is 13.6 Å². The minimum absolute atomic E-state index is 0.145. The Bertz CT molecular complexity index is 1260. The fraction of sp³-hybridized carbons (Fsp3) is 0.316. The van der Waals surface area contributed by atoms with Crippen molar-refractivity contribution in [2.45, 2.75) is 25.8 Å². The summed E-state index contributed by atoms with van der Waals surface area (Å²) in [4.78, 5) is 26.2. The molecule has 4 aromatic heterocycles. The van der Waals surface area contributed by atoms with Gasteiger partial charge in [-0.3, -0.25) is 4.79 Å². The lowest BCUT2D eigenvalue weighted by Crippen LogP contribution is -2.42. The van der Waals surface area contributed by atoms with Crippen LogP contribution in [0.1, 0.15) is 51.6 Å². The van der Waals surface area contributed by atoms with Crippen LogP contribution in [-0.2, 0) is 13.5 Å². The maximum atomic E-state index is 13.3. The quantitative estimate of drug-likeness (QED) is 0.557. The number of alkyl halides is 2. The molecule has 0 radical (unpaired) electrons. The second-order valence-electron chi connectivity index (χ2n) is 7.28. The third kappa shape index (κ3) is 2.85. The number of H-pyrrole nitrogens is 1. The molecule has 0 unspecified atom stereocenters. The molecule has 4 aromatic rings. The normalized spacial score (nSPS) is 16.4. The van der Waals surface area contributed by atoms with Gasteiger partial charge >= 0.3 is 0 Å². The first kappa shape index (κ1) is 18.4. The van der Waals surface area contributed by atoms with Crippen molar-refractivity contribution in [3.05, 3.63) is 65.0 Å². The Kier molecular flexibility index (Phi) is 4.12. The zero-order chi connectivity index (χ0) is 21.0. The van der Waals surface area contributed by atoms with Crippen LogP contribution in [0.25, 0.3) is 5.52 Å². The summed E-state index contributed by atoms with van der Waals surface area (Å²) < 4.78 is 28.9. The molecule has 5 rings (SSSR count). The van der Waals surface area contributed by atoms with Gasteiger partial charge in [0.25, 0.3) is 12.3 Å². The van der Waals surface area contributed by atoms with E-state index in [1.54, 1.807) is 15.7 Å². The van der Waals surface area contributed by atoms with E-state index in [-0.39, 0.29) is 5.82 Å². The van der Waals surface area contributed by atoms with Gasteiger partial charge in [-0.1, -0.05) is 0 Å². The Labute approximate surface area is 169 Å². The van der Waals surface area contributed by atoms with Crippen molar-refractivity contribution in [1.29, 1.82) is 0 Å². The molecule has 30 heavy (non-hydrogen) atoms. The Balaban J connectivity index is 1.60. The summed E-state index contributed by atoms with van der Waals surface area (Å²) in [6.07, 6.45) is 1.15. The molecule has 0 spiro atoms. The monoisotopic (exact) mass is 412 g/mol. The van der Waals surface area contributed by atoms with Crippen LogP contribution in [-0.4, -0.2) is 51.7 Å². The lowest BCUT2D eigenvalue weighted by Gasteiger charge is -2.33. The molecule has 154 valence electrons. The van der Waals surface area contributed by atoms with E-state index in [1.807, 2.05) is 31.3 Å². The number of carbonyl (C=O) groups excluding carboxylic acids is 1. The highest BCUT2D eigenvalue weighted by Crippen LogP contribution is 2.34. The third-order valence-corrected chi connectivity index (χ3v) is 5.27. The van der Waals surface area contributed by atoms with Gasteiger partial charge in [0.05, 0.1) is 23.2 Å². The van der Waals surface area contributed by atoms with E-state index in [2.05, 4.69) is 25.1 Å². The highest BCUT2D eigenvalue weighted by atomic mass is 19.3. The maximum Gasteiger partial charge on any atom is 0.299 e. The first-order valence-corrected chi connectivity index (χ1v) is 9.40. The lowest BCUT2D eigenvalue weighted by molar-refractivity contribution is 0.0669. The van der Waals surface area contributed by atoms with Crippen LogP contribution in [0, 0.1) is 6.92 Å². The summed E-state index contributed by atoms with van der Waals surface area (Å²) in [6.45, 7) is 2.35. The number of hydrogen-bond donors (Lipinski definition) is 1. The zero-order valence-electron chi connectivity index (χ0n) is 16.3. The maximum absolute atomic E-state index is 13.3. The fourth-order valence-electron chi connectivity index (χ4n) is 3.87. The van der Waals surface area contributed by atoms with Crippen LogP contribution in [0.3, 0.4) is 0 Å². The molecule has 0 fully saturated rings. The van der Waals surface area contributed by atoms with Gasteiger partial charge in [0.15, 0.2) is 0 Å². The molecule has 5 heterocycles. The number of halogens is 2. The molecule has 0 aromatic carbocycles. The fourth-order valence-corrected chi connectivity index (χ4v) is 3.87. The summed E-state index contributed by atoms with van der Waals surface area (Å²) in [5, 5.41) is 8.31. The van der Waals surface area contributed by atoms with Crippen LogP contribution < -0.4 is 0 Å². The number of aryl methyl sites for hydroxylation is 2. The Morgan fingerprint density at radius 3 is 2.90 bits per heavy atom. The Hall–Kier alpha value is -3.63. The Morgan fingerprint density at radius 1 is 1.30 bits per heavy atom. The van der Waals surface area contributed by atoms with E-state index in [1.165, 1.54) is 7.05 Å². The van der Waals surface area contributed by atoms with Gasteiger partial charge in [-0.15, -0.1) is 5.10 Å². The van der Waals surface area contributed by atoms with Crippen LogP contribution in [0.4, 0.5) is 8.78 Å². The molecule has 0 aliphatic carbocycles. The van der Waals surface area contributed by atoms with Crippen molar-refractivity contribution in [1.82, 2.24) is 39.2 Å². The standard InChI is InChI=1S/C19H18F2N8O/c1-10-3-6-29-11(7-10)8-13(25-29)15-14-12(22-9-23-14)4-5-28(15)19(30)18-24-17(16(20)21)26-27(18)2/h3,6-9,15-16H,4-5H2,1-2H3,(H,22,23)/t15-/m1/s1. The molecule has 1 atom stereocenters. The van der Waals surface area contributed by atoms with Crippen LogP contribution in [0.15, 0.2) is 30.7 Å². The number of aromatic amines is 1. The number of carbonyl (C=O) groups is 1. The van der Waals surface area contributed by atoms with Gasteiger partial charge in [-0.25, -0.2) is 27.9 Å². The average molecular weight is 412 g/mol. The molecule has 0 bridgehead atoms. The topological polar surface area (TPSA) is 97.0 Å². The molecule has 0 saturated carbocycles. The predicted molar refractivity (Wildman–Crippen MR) is 101 cm³/mol. The van der Waals surface area contributed by atoms with Crippen LogP contribution in [0.5, 0.6) is 0 Å². The zero-order valence-corrected chi connectivity index (χ0v) is 16.3. The van der Waals surface area contributed by atoms with E-state index < -0.39 is 24.2 Å². The minimum Gasteiger partial charge on any atom is -0.348 e. The highest BCUT2D eigenvalue weighted by molar-refractivity contribution is 5.91. The molecule has 11 heteroatoms. The number of pyridine rings is 1. The SMILES string of the molecule is Cc1ccn2nc([C@@H]3c4nc[nH]c4CCN3C(=O)c3nc(C(F)F)nn3C)cc2c1. The molecule has 1 aliphatic heterocycles. The third-order valence-electron chi connectivity index (χ3n) is 5.27. The summed E-state index contributed by atoms with van der Waals surface area (Å²) in [7, 11) is 1.43. The number of amides is 1. The van der Waals surface area contributed by atoms with Crippen molar-refractivity contribution in [3.8, 4) is 0 Å².